The minimum absolute atomic E-state index is 0.628. The lowest BCUT2D eigenvalue weighted by molar-refractivity contribution is 0.351. The third-order valence-electron chi connectivity index (χ3n) is 4.58. The van der Waals surface area contributed by atoms with Crippen molar-refractivity contribution in [3.8, 4) is 17.2 Å². The highest BCUT2D eigenvalue weighted by Gasteiger charge is 2.21. The van der Waals surface area contributed by atoms with Crippen LogP contribution in [-0.2, 0) is 12.8 Å². The lowest BCUT2D eigenvalue weighted by Crippen LogP contribution is -2.07. The summed E-state index contributed by atoms with van der Waals surface area (Å²) in [4.78, 5) is 0. The van der Waals surface area contributed by atoms with Crippen LogP contribution < -0.4 is 14.2 Å². The maximum Gasteiger partial charge on any atom is 0.139 e. The summed E-state index contributed by atoms with van der Waals surface area (Å²) in [6.07, 6.45) is 11.9. The van der Waals surface area contributed by atoms with Gasteiger partial charge in [0.2, 0.25) is 0 Å². The van der Waals surface area contributed by atoms with Gasteiger partial charge in [0.15, 0.2) is 0 Å². The zero-order valence-electron chi connectivity index (χ0n) is 16.6. The van der Waals surface area contributed by atoms with Gasteiger partial charge in [-0.05, 0) is 93.5 Å². The molecular formula is C21H33I3O3. The number of hydrogen-bond donors (Lipinski definition) is 0. The molecular weight excluding hydrogens is 681 g/mol. The largest absolute Gasteiger partial charge is 0.483 e. The quantitative estimate of drug-likeness (QED) is 0.0982. The van der Waals surface area contributed by atoms with Gasteiger partial charge in [-0.1, -0.05) is 52.4 Å². The summed E-state index contributed by atoms with van der Waals surface area (Å²) in [5.74, 6) is 2.87. The van der Waals surface area contributed by atoms with Crippen LogP contribution in [0.4, 0.5) is 0 Å². The molecule has 0 aliphatic rings. The minimum atomic E-state index is 0.628. The van der Waals surface area contributed by atoms with Crippen LogP contribution >= 0.6 is 67.8 Å². The average Bonchev–Trinajstić information content (AvgIpc) is 2.66. The fourth-order valence-corrected chi connectivity index (χ4v) is 4.22. The first-order valence-electron chi connectivity index (χ1n) is 9.98. The van der Waals surface area contributed by atoms with Crippen LogP contribution in [0.1, 0.15) is 76.3 Å². The van der Waals surface area contributed by atoms with Gasteiger partial charge in [0.05, 0.1) is 0 Å². The summed E-state index contributed by atoms with van der Waals surface area (Å²) in [6.45, 7) is 4.50. The minimum Gasteiger partial charge on any atom is -0.483 e. The van der Waals surface area contributed by atoms with Gasteiger partial charge in [-0.25, -0.2) is 0 Å². The predicted molar refractivity (Wildman–Crippen MR) is 141 cm³/mol. The summed E-state index contributed by atoms with van der Waals surface area (Å²) < 4.78 is 20.0. The summed E-state index contributed by atoms with van der Waals surface area (Å²) in [7, 11) is 0. The van der Waals surface area contributed by atoms with Crippen molar-refractivity contribution in [3.63, 3.8) is 0 Å². The molecule has 0 aliphatic carbocycles. The van der Waals surface area contributed by atoms with Crippen molar-refractivity contribution in [3.05, 3.63) is 17.2 Å². The molecule has 6 heteroatoms. The molecule has 0 atom stereocenters. The molecule has 156 valence electrons. The SMILES string of the molecule is CCCCCCc1c(OCI)cc(OCI)c(CCCCCC)c1OCI. The molecule has 0 spiro atoms. The van der Waals surface area contributed by atoms with Crippen molar-refractivity contribution in [2.45, 2.75) is 78.1 Å². The summed E-state index contributed by atoms with van der Waals surface area (Å²) in [5.41, 5.74) is 2.46. The van der Waals surface area contributed by atoms with Gasteiger partial charge in [0.1, 0.15) is 31.1 Å². The van der Waals surface area contributed by atoms with Crippen LogP contribution in [0, 0.1) is 0 Å². The van der Waals surface area contributed by atoms with E-state index < -0.39 is 0 Å². The average molecular weight is 714 g/mol. The molecule has 1 rings (SSSR count). The Hall–Kier alpha value is 0.810. The third-order valence-corrected chi connectivity index (χ3v) is 5.52. The fraction of sp³-hybridized carbons (Fsp3) is 0.714. The molecule has 0 heterocycles. The monoisotopic (exact) mass is 714 g/mol. The zero-order valence-corrected chi connectivity index (χ0v) is 23.1. The van der Waals surface area contributed by atoms with Crippen LogP contribution in [0.25, 0.3) is 0 Å². The van der Waals surface area contributed by atoms with E-state index in [1.54, 1.807) is 0 Å². The van der Waals surface area contributed by atoms with Gasteiger partial charge in [-0.15, -0.1) is 0 Å². The number of rotatable bonds is 16. The number of ether oxygens (including phenoxy) is 3. The highest BCUT2D eigenvalue weighted by Crippen LogP contribution is 2.42. The van der Waals surface area contributed by atoms with Gasteiger partial charge in [-0.3, -0.25) is 0 Å². The Kier molecular flexibility index (Phi) is 15.9. The highest BCUT2D eigenvalue weighted by molar-refractivity contribution is 14.1. The van der Waals surface area contributed by atoms with Gasteiger partial charge < -0.3 is 14.2 Å². The van der Waals surface area contributed by atoms with E-state index in [9.17, 15) is 0 Å². The molecule has 0 aromatic heterocycles. The van der Waals surface area contributed by atoms with Crippen molar-refractivity contribution < 1.29 is 14.2 Å². The molecule has 1 aromatic rings. The lowest BCUT2D eigenvalue weighted by atomic mass is 9.97. The van der Waals surface area contributed by atoms with Crippen LogP contribution in [0.15, 0.2) is 6.07 Å². The Labute approximate surface area is 206 Å². The number of unbranched alkanes of at least 4 members (excludes halogenated alkanes) is 6. The van der Waals surface area contributed by atoms with Crippen LogP contribution in [0.5, 0.6) is 17.2 Å². The van der Waals surface area contributed by atoms with Crippen LogP contribution in [0.2, 0.25) is 0 Å². The maximum absolute atomic E-state index is 6.18. The molecule has 0 bridgehead atoms. The van der Waals surface area contributed by atoms with E-state index in [0.29, 0.717) is 13.8 Å². The second-order valence-electron chi connectivity index (χ2n) is 6.54. The van der Waals surface area contributed by atoms with E-state index in [4.69, 9.17) is 14.2 Å². The molecule has 0 amide bonds. The Balaban J connectivity index is 3.23. The number of alkyl halides is 3. The van der Waals surface area contributed by atoms with E-state index in [1.165, 1.54) is 62.5 Å². The smallest absolute Gasteiger partial charge is 0.139 e. The molecule has 0 unspecified atom stereocenters. The van der Waals surface area contributed by atoms with Gasteiger partial charge in [0.25, 0.3) is 0 Å². The molecule has 27 heavy (non-hydrogen) atoms. The van der Waals surface area contributed by atoms with Crippen LogP contribution in [0.3, 0.4) is 0 Å². The van der Waals surface area contributed by atoms with Crippen molar-refractivity contribution in [2.24, 2.45) is 0 Å². The van der Waals surface area contributed by atoms with E-state index in [0.717, 1.165) is 30.1 Å². The predicted octanol–water partition coefficient (Wildman–Crippen LogP) is 8.25. The van der Waals surface area contributed by atoms with E-state index in [1.807, 2.05) is 0 Å². The molecule has 0 radical (unpaired) electrons. The number of benzene rings is 1. The zero-order chi connectivity index (χ0) is 19.9. The van der Waals surface area contributed by atoms with Gasteiger partial charge in [0, 0.05) is 17.2 Å². The molecule has 3 nitrogen and oxygen atoms in total. The van der Waals surface area contributed by atoms with Crippen molar-refractivity contribution in [1.29, 1.82) is 0 Å². The standard InChI is InChI=1S/C21H33I3O3/c1-3-5-7-9-11-17-19(25-14-22)13-20(26-15-23)18(21(17)27-16-24)12-10-8-6-4-2/h13H,3-12,14-16H2,1-2H3. The van der Waals surface area contributed by atoms with E-state index >= 15 is 0 Å². The normalized spacial score (nSPS) is 10.9. The molecule has 0 fully saturated rings. The van der Waals surface area contributed by atoms with E-state index in [2.05, 4.69) is 87.7 Å². The number of halogens is 3. The Bertz CT molecular complexity index is 484. The Morgan fingerprint density at radius 1 is 0.630 bits per heavy atom. The van der Waals surface area contributed by atoms with E-state index in [-0.39, 0.29) is 0 Å². The third kappa shape index (κ3) is 9.44. The fourth-order valence-electron chi connectivity index (χ4n) is 3.23. The molecule has 1 aromatic carbocycles. The maximum atomic E-state index is 6.18. The molecule has 0 saturated heterocycles. The second kappa shape index (κ2) is 16.6. The molecule has 0 N–H and O–H groups in total. The lowest BCUT2D eigenvalue weighted by Gasteiger charge is -2.21. The molecule has 0 saturated carbocycles. The van der Waals surface area contributed by atoms with Crippen LogP contribution in [-0.4, -0.2) is 13.8 Å². The Morgan fingerprint density at radius 3 is 1.44 bits per heavy atom. The summed E-state index contributed by atoms with van der Waals surface area (Å²) >= 11 is 6.80. The topological polar surface area (TPSA) is 27.7 Å². The first kappa shape index (κ1) is 25.8. The Morgan fingerprint density at radius 2 is 1.07 bits per heavy atom. The summed E-state index contributed by atoms with van der Waals surface area (Å²) in [6, 6.07) is 2.10. The molecule has 0 aliphatic heterocycles. The van der Waals surface area contributed by atoms with Crippen molar-refractivity contribution >= 4 is 67.8 Å². The summed E-state index contributed by atoms with van der Waals surface area (Å²) in [5, 5.41) is 0. The van der Waals surface area contributed by atoms with Gasteiger partial charge in [-0.2, -0.15) is 0 Å². The van der Waals surface area contributed by atoms with Gasteiger partial charge >= 0.3 is 0 Å². The first-order valence-corrected chi connectivity index (χ1v) is 14.6. The first-order chi connectivity index (χ1) is 13.2. The second-order valence-corrected chi connectivity index (χ2v) is 8.41. The number of hydrogen-bond acceptors (Lipinski definition) is 3. The van der Waals surface area contributed by atoms with Crippen molar-refractivity contribution in [1.82, 2.24) is 0 Å². The van der Waals surface area contributed by atoms with Crippen molar-refractivity contribution in [2.75, 3.05) is 13.8 Å². The highest BCUT2D eigenvalue weighted by atomic mass is 127.